The van der Waals surface area contributed by atoms with E-state index in [1.54, 1.807) is 16.7 Å². The molecule has 0 radical (unpaired) electrons. The van der Waals surface area contributed by atoms with Crippen LogP contribution in [0, 0.1) is 6.92 Å². The molecule has 122 valence electrons. The summed E-state index contributed by atoms with van der Waals surface area (Å²) in [6, 6.07) is 11.1. The van der Waals surface area contributed by atoms with E-state index in [0.29, 0.717) is 11.3 Å². The molecule has 1 aromatic carbocycles. The summed E-state index contributed by atoms with van der Waals surface area (Å²) in [7, 11) is 0. The highest BCUT2D eigenvalue weighted by atomic mass is 79.9. The number of hydrogen-bond acceptors (Lipinski definition) is 3. The van der Waals surface area contributed by atoms with Gasteiger partial charge in [0.05, 0.1) is 12.2 Å². The van der Waals surface area contributed by atoms with Crippen LogP contribution in [0.1, 0.15) is 16.1 Å². The van der Waals surface area contributed by atoms with E-state index in [2.05, 4.69) is 31.5 Å². The van der Waals surface area contributed by atoms with Gasteiger partial charge in [0.25, 0.3) is 5.91 Å². The minimum absolute atomic E-state index is 0.132. The average molecular weight is 387 g/mol. The molecule has 0 aliphatic heterocycles. The number of aryl methyl sites for hydroxylation is 1. The van der Waals surface area contributed by atoms with Gasteiger partial charge in [-0.25, -0.2) is 4.98 Å². The third-order valence-corrected chi connectivity index (χ3v) is 4.10. The fourth-order valence-corrected chi connectivity index (χ4v) is 2.59. The Morgan fingerprint density at radius 2 is 2.04 bits per heavy atom. The van der Waals surface area contributed by atoms with Gasteiger partial charge in [0, 0.05) is 16.9 Å². The minimum Gasteiger partial charge on any atom is -0.342 e. The van der Waals surface area contributed by atoms with Crippen LogP contribution in [0.25, 0.3) is 5.65 Å². The van der Waals surface area contributed by atoms with Crippen LogP contribution in [0.3, 0.4) is 0 Å². The standard InChI is InChI=1S/C17H15BrN4O2/c1-11-6-7-22-10-14(20-15(22)8-11)17(24)19-9-16(23)21-13-5-3-2-4-12(13)18/h2-8,10H,9H2,1H3,(H,19,24)(H,21,23). The van der Waals surface area contributed by atoms with Crippen LogP contribution < -0.4 is 10.6 Å². The van der Waals surface area contributed by atoms with Gasteiger partial charge in [-0.3, -0.25) is 9.59 Å². The fourth-order valence-electron chi connectivity index (χ4n) is 2.20. The predicted octanol–water partition coefficient (Wildman–Crippen LogP) is 2.77. The van der Waals surface area contributed by atoms with Crippen molar-refractivity contribution in [2.45, 2.75) is 6.92 Å². The van der Waals surface area contributed by atoms with Gasteiger partial charge in [0.1, 0.15) is 11.3 Å². The van der Waals surface area contributed by atoms with Crippen LogP contribution in [0.15, 0.2) is 53.3 Å². The molecular formula is C17H15BrN4O2. The van der Waals surface area contributed by atoms with Crippen molar-refractivity contribution in [3.05, 3.63) is 64.5 Å². The molecular weight excluding hydrogens is 372 g/mol. The summed E-state index contributed by atoms with van der Waals surface area (Å²) in [4.78, 5) is 28.4. The van der Waals surface area contributed by atoms with Crippen molar-refractivity contribution in [2.24, 2.45) is 0 Å². The monoisotopic (exact) mass is 386 g/mol. The number of fused-ring (bicyclic) bond motifs is 1. The van der Waals surface area contributed by atoms with E-state index in [1.807, 2.05) is 43.5 Å². The first-order chi connectivity index (χ1) is 11.5. The van der Waals surface area contributed by atoms with Crippen molar-refractivity contribution in [3.63, 3.8) is 0 Å². The smallest absolute Gasteiger partial charge is 0.271 e. The molecule has 0 fully saturated rings. The third-order valence-electron chi connectivity index (χ3n) is 3.41. The second kappa shape index (κ2) is 6.84. The van der Waals surface area contributed by atoms with Gasteiger partial charge >= 0.3 is 0 Å². The summed E-state index contributed by atoms with van der Waals surface area (Å²) in [5.74, 6) is -0.700. The maximum atomic E-state index is 12.1. The number of aromatic nitrogens is 2. The van der Waals surface area contributed by atoms with E-state index in [-0.39, 0.29) is 18.1 Å². The lowest BCUT2D eigenvalue weighted by Gasteiger charge is -2.07. The highest BCUT2D eigenvalue weighted by Crippen LogP contribution is 2.20. The van der Waals surface area contributed by atoms with Gasteiger partial charge in [0.15, 0.2) is 0 Å². The van der Waals surface area contributed by atoms with E-state index in [9.17, 15) is 9.59 Å². The lowest BCUT2D eigenvalue weighted by atomic mass is 10.3. The largest absolute Gasteiger partial charge is 0.342 e. The lowest BCUT2D eigenvalue weighted by molar-refractivity contribution is -0.115. The van der Waals surface area contributed by atoms with Gasteiger partial charge < -0.3 is 15.0 Å². The Morgan fingerprint density at radius 1 is 1.25 bits per heavy atom. The molecule has 2 amide bonds. The SMILES string of the molecule is Cc1ccn2cc(C(=O)NCC(=O)Nc3ccccc3Br)nc2c1. The van der Waals surface area contributed by atoms with Gasteiger partial charge in [-0.2, -0.15) is 0 Å². The first-order valence-corrected chi connectivity index (χ1v) is 8.10. The molecule has 2 N–H and O–H groups in total. The Kier molecular flexibility index (Phi) is 4.61. The summed E-state index contributed by atoms with van der Waals surface area (Å²) in [5.41, 5.74) is 2.68. The Morgan fingerprint density at radius 3 is 2.83 bits per heavy atom. The van der Waals surface area contributed by atoms with E-state index >= 15 is 0 Å². The fraction of sp³-hybridized carbons (Fsp3) is 0.118. The van der Waals surface area contributed by atoms with Crippen molar-refractivity contribution in [2.75, 3.05) is 11.9 Å². The number of benzene rings is 1. The molecule has 6 nitrogen and oxygen atoms in total. The molecule has 0 bridgehead atoms. The van der Waals surface area contributed by atoms with E-state index in [4.69, 9.17) is 0 Å². The number of carbonyl (C=O) groups is 2. The highest BCUT2D eigenvalue weighted by molar-refractivity contribution is 9.10. The number of rotatable bonds is 4. The summed E-state index contributed by atoms with van der Waals surface area (Å²) in [6.07, 6.45) is 3.48. The van der Waals surface area contributed by atoms with Crippen molar-refractivity contribution < 1.29 is 9.59 Å². The number of pyridine rings is 1. The number of para-hydroxylation sites is 1. The molecule has 2 heterocycles. The number of nitrogens with one attached hydrogen (secondary N) is 2. The zero-order valence-electron chi connectivity index (χ0n) is 12.9. The number of carbonyl (C=O) groups excluding carboxylic acids is 2. The first kappa shape index (κ1) is 16.2. The molecule has 0 aliphatic carbocycles. The van der Waals surface area contributed by atoms with E-state index in [1.165, 1.54) is 0 Å². The molecule has 7 heteroatoms. The van der Waals surface area contributed by atoms with Crippen LogP contribution in [0.5, 0.6) is 0 Å². The molecule has 3 rings (SSSR count). The third kappa shape index (κ3) is 3.62. The molecule has 24 heavy (non-hydrogen) atoms. The summed E-state index contributed by atoms with van der Waals surface area (Å²) < 4.78 is 2.55. The number of halogens is 1. The minimum atomic E-state index is -0.390. The van der Waals surface area contributed by atoms with Crippen molar-refractivity contribution in [3.8, 4) is 0 Å². The molecule has 0 aliphatic rings. The Labute approximate surface area is 147 Å². The second-order valence-corrected chi connectivity index (χ2v) is 6.16. The van der Waals surface area contributed by atoms with Gasteiger partial charge in [-0.15, -0.1) is 0 Å². The predicted molar refractivity (Wildman–Crippen MR) is 95.0 cm³/mol. The second-order valence-electron chi connectivity index (χ2n) is 5.31. The van der Waals surface area contributed by atoms with Gasteiger partial charge in [-0.05, 0) is 52.7 Å². The maximum Gasteiger partial charge on any atom is 0.271 e. The molecule has 0 unspecified atom stereocenters. The average Bonchev–Trinajstić information content (AvgIpc) is 2.98. The van der Waals surface area contributed by atoms with Gasteiger partial charge in [-0.1, -0.05) is 12.1 Å². The topological polar surface area (TPSA) is 75.5 Å². The van der Waals surface area contributed by atoms with Crippen LogP contribution in [-0.4, -0.2) is 27.7 Å². The Hall–Kier alpha value is -2.67. The number of amides is 2. The first-order valence-electron chi connectivity index (χ1n) is 7.31. The van der Waals surface area contributed by atoms with Crippen LogP contribution in [-0.2, 0) is 4.79 Å². The molecule has 0 saturated heterocycles. The summed E-state index contributed by atoms with van der Waals surface area (Å²) in [5, 5.41) is 5.30. The van der Waals surface area contributed by atoms with Crippen molar-refractivity contribution in [1.82, 2.24) is 14.7 Å². The van der Waals surface area contributed by atoms with Crippen molar-refractivity contribution in [1.29, 1.82) is 0 Å². The van der Waals surface area contributed by atoms with Crippen LogP contribution in [0.4, 0.5) is 5.69 Å². The molecule has 3 aromatic rings. The number of hydrogen-bond donors (Lipinski definition) is 2. The Balaban J connectivity index is 1.62. The van der Waals surface area contributed by atoms with Crippen molar-refractivity contribution >= 4 is 39.1 Å². The molecule has 2 aromatic heterocycles. The number of nitrogens with zero attached hydrogens (tertiary/aromatic N) is 2. The summed E-state index contributed by atoms with van der Waals surface area (Å²) in [6.45, 7) is 1.83. The number of imidazole rings is 1. The zero-order valence-corrected chi connectivity index (χ0v) is 14.5. The summed E-state index contributed by atoms with van der Waals surface area (Å²) >= 11 is 3.35. The van der Waals surface area contributed by atoms with Crippen LogP contribution in [0.2, 0.25) is 0 Å². The van der Waals surface area contributed by atoms with Gasteiger partial charge in [0.2, 0.25) is 5.91 Å². The lowest BCUT2D eigenvalue weighted by Crippen LogP contribution is -2.33. The molecule has 0 atom stereocenters. The normalized spacial score (nSPS) is 10.6. The molecule has 0 spiro atoms. The van der Waals surface area contributed by atoms with Crippen LogP contribution >= 0.6 is 15.9 Å². The Bertz CT molecular complexity index is 920. The maximum absolute atomic E-state index is 12.1. The molecule has 0 saturated carbocycles. The number of anilines is 1. The highest BCUT2D eigenvalue weighted by Gasteiger charge is 2.12. The zero-order chi connectivity index (χ0) is 17.1. The van der Waals surface area contributed by atoms with E-state index < -0.39 is 5.91 Å². The quantitative estimate of drug-likeness (QED) is 0.723. The van der Waals surface area contributed by atoms with E-state index in [0.717, 1.165) is 10.0 Å².